The molecule has 3 amide bonds. The summed E-state index contributed by atoms with van der Waals surface area (Å²) in [6.07, 6.45) is 2.53. The number of amides is 3. The maximum Gasteiger partial charge on any atom is 0.317 e. The molecule has 1 atom stereocenters. The van der Waals surface area contributed by atoms with Gasteiger partial charge >= 0.3 is 6.03 Å². The van der Waals surface area contributed by atoms with Crippen molar-refractivity contribution >= 4 is 11.9 Å². The minimum atomic E-state index is -0.0545. The molecule has 0 aromatic heterocycles. The summed E-state index contributed by atoms with van der Waals surface area (Å²) in [5.41, 5.74) is 2.47. The Kier molecular flexibility index (Phi) is 4.76. The average Bonchev–Trinajstić information content (AvgIpc) is 2.92. The lowest BCUT2D eigenvalue weighted by atomic mass is 9.79. The second-order valence-corrected chi connectivity index (χ2v) is 8.58. The predicted molar refractivity (Wildman–Crippen MR) is 98.2 cm³/mol. The monoisotopic (exact) mass is 343 g/mol. The zero-order chi connectivity index (χ0) is 18.1. The van der Waals surface area contributed by atoms with Gasteiger partial charge in [-0.2, -0.15) is 0 Å². The lowest BCUT2D eigenvalue weighted by Crippen LogP contribution is -2.50. The Balaban J connectivity index is 1.55. The van der Waals surface area contributed by atoms with E-state index in [-0.39, 0.29) is 22.8 Å². The maximum atomic E-state index is 12.5. The zero-order valence-electron chi connectivity index (χ0n) is 15.5. The van der Waals surface area contributed by atoms with Gasteiger partial charge in [0.2, 0.25) is 5.91 Å². The fraction of sp³-hybridized carbons (Fsp3) is 0.600. The second kappa shape index (κ2) is 6.70. The molecule has 0 aliphatic carbocycles. The number of nitrogens with zero attached hydrogens (tertiary/aromatic N) is 1. The molecule has 2 N–H and O–H groups in total. The number of hydrogen-bond donors (Lipinski definition) is 2. The van der Waals surface area contributed by atoms with Crippen LogP contribution >= 0.6 is 0 Å². The van der Waals surface area contributed by atoms with Crippen LogP contribution < -0.4 is 10.6 Å². The van der Waals surface area contributed by atoms with E-state index < -0.39 is 0 Å². The summed E-state index contributed by atoms with van der Waals surface area (Å²) in [5, 5.41) is 5.94. The molecule has 136 valence electrons. The van der Waals surface area contributed by atoms with Crippen molar-refractivity contribution in [2.24, 2.45) is 5.41 Å². The first-order valence-corrected chi connectivity index (χ1v) is 9.16. The molecule has 2 aliphatic heterocycles. The van der Waals surface area contributed by atoms with Crippen LogP contribution in [0.1, 0.15) is 51.2 Å². The Morgan fingerprint density at radius 2 is 2.00 bits per heavy atom. The van der Waals surface area contributed by atoms with Gasteiger partial charge in [0.25, 0.3) is 0 Å². The van der Waals surface area contributed by atoms with Crippen LogP contribution in [0.3, 0.4) is 0 Å². The quantitative estimate of drug-likeness (QED) is 0.867. The standard InChI is InChI=1S/C20H29N3O2/c1-19(2,3)16-7-5-15(6-8-16)12-21-18(25)23-10-4-9-20(14-23)11-17(24)22-13-20/h5-8H,4,9-14H2,1-3H3,(H,21,25)(H,22,24). The van der Waals surface area contributed by atoms with Crippen LogP contribution in [0.4, 0.5) is 4.79 Å². The van der Waals surface area contributed by atoms with Crippen molar-refractivity contribution in [3.05, 3.63) is 35.4 Å². The van der Waals surface area contributed by atoms with Crippen LogP contribution in [0.25, 0.3) is 0 Å². The highest BCUT2D eigenvalue weighted by atomic mass is 16.2. The molecule has 2 saturated heterocycles. The van der Waals surface area contributed by atoms with Gasteiger partial charge in [-0.15, -0.1) is 0 Å². The smallest absolute Gasteiger partial charge is 0.317 e. The van der Waals surface area contributed by atoms with E-state index in [0.29, 0.717) is 26.1 Å². The highest BCUT2D eigenvalue weighted by molar-refractivity contribution is 5.80. The van der Waals surface area contributed by atoms with E-state index in [0.717, 1.165) is 24.9 Å². The highest BCUT2D eigenvalue weighted by Gasteiger charge is 2.42. The van der Waals surface area contributed by atoms with Crippen molar-refractivity contribution in [3.8, 4) is 0 Å². The Morgan fingerprint density at radius 3 is 2.60 bits per heavy atom. The summed E-state index contributed by atoms with van der Waals surface area (Å²) in [6.45, 7) is 9.24. The van der Waals surface area contributed by atoms with Crippen molar-refractivity contribution in [3.63, 3.8) is 0 Å². The maximum absolute atomic E-state index is 12.5. The SMILES string of the molecule is CC(C)(C)c1ccc(CNC(=O)N2CCCC3(CNC(=O)C3)C2)cc1. The van der Waals surface area contributed by atoms with Gasteiger partial charge in [0.05, 0.1) is 0 Å². The molecule has 25 heavy (non-hydrogen) atoms. The Bertz CT molecular complexity index is 648. The van der Waals surface area contributed by atoms with Gasteiger partial charge in [0.15, 0.2) is 0 Å². The number of piperidine rings is 1. The van der Waals surface area contributed by atoms with Crippen LogP contribution in [0.15, 0.2) is 24.3 Å². The van der Waals surface area contributed by atoms with Gasteiger partial charge in [-0.05, 0) is 29.4 Å². The van der Waals surface area contributed by atoms with Gasteiger partial charge in [-0.25, -0.2) is 4.79 Å². The van der Waals surface area contributed by atoms with E-state index in [2.05, 4.69) is 55.7 Å². The van der Waals surface area contributed by atoms with Crippen molar-refractivity contribution in [1.29, 1.82) is 0 Å². The molecule has 1 unspecified atom stereocenters. The number of hydrogen-bond acceptors (Lipinski definition) is 2. The Hall–Kier alpha value is -2.04. The van der Waals surface area contributed by atoms with Crippen LogP contribution in [0.2, 0.25) is 0 Å². The molecule has 1 spiro atoms. The minimum absolute atomic E-state index is 0.0293. The van der Waals surface area contributed by atoms with Gasteiger partial charge in [0, 0.05) is 38.0 Å². The molecule has 1 aromatic carbocycles. The van der Waals surface area contributed by atoms with Crippen molar-refractivity contribution in [2.45, 2.75) is 52.0 Å². The van der Waals surface area contributed by atoms with Crippen molar-refractivity contribution < 1.29 is 9.59 Å². The third-order valence-corrected chi connectivity index (χ3v) is 5.41. The summed E-state index contributed by atoms with van der Waals surface area (Å²) < 4.78 is 0. The molecule has 0 radical (unpaired) electrons. The summed E-state index contributed by atoms with van der Waals surface area (Å²) in [6, 6.07) is 8.40. The van der Waals surface area contributed by atoms with E-state index in [1.807, 2.05) is 4.90 Å². The molecule has 2 aliphatic rings. The number of urea groups is 1. The Labute approximate surface area is 150 Å². The minimum Gasteiger partial charge on any atom is -0.355 e. The number of likely N-dealkylation sites (tertiary alicyclic amines) is 1. The molecule has 2 fully saturated rings. The number of rotatable bonds is 2. The molecule has 3 rings (SSSR count). The number of benzene rings is 1. The third kappa shape index (κ3) is 4.14. The molecule has 5 heteroatoms. The first-order chi connectivity index (χ1) is 11.8. The van der Waals surface area contributed by atoms with Crippen molar-refractivity contribution in [1.82, 2.24) is 15.5 Å². The van der Waals surface area contributed by atoms with Crippen LogP contribution in [0, 0.1) is 5.41 Å². The van der Waals surface area contributed by atoms with E-state index in [9.17, 15) is 9.59 Å². The van der Waals surface area contributed by atoms with Gasteiger partial charge < -0.3 is 15.5 Å². The average molecular weight is 343 g/mol. The Morgan fingerprint density at radius 1 is 1.28 bits per heavy atom. The first-order valence-electron chi connectivity index (χ1n) is 9.16. The molecule has 0 saturated carbocycles. The van der Waals surface area contributed by atoms with E-state index >= 15 is 0 Å². The molecular weight excluding hydrogens is 314 g/mol. The molecule has 1 aromatic rings. The molecule has 0 bridgehead atoms. The lowest BCUT2D eigenvalue weighted by Gasteiger charge is -2.39. The van der Waals surface area contributed by atoms with Crippen LogP contribution in [-0.2, 0) is 16.8 Å². The normalized spacial score (nSPS) is 23.6. The highest BCUT2D eigenvalue weighted by Crippen LogP contribution is 2.36. The van der Waals surface area contributed by atoms with Crippen LogP contribution in [0.5, 0.6) is 0 Å². The first kappa shape index (κ1) is 17.8. The zero-order valence-corrected chi connectivity index (χ0v) is 15.5. The summed E-state index contributed by atoms with van der Waals surface area (Å²) in [5.74, 6) is 0.112. The van der Waals surface area contributed by atoms with Crippen molar-refractivity contribution in [2.75, 3.05) is 19.6 Å². The molecule has 2 heterocycles. The number of nitrogens with one attached hydrogen (secondary N) is 2. The van der Waals surface area contributed by atoms with Gasteiger partial charge in [-0.3, -0.25) is 4.79 Å². The lowest BCUT2D eigenvalue weighted by molar-refractivity contribution is -0.119. The van der Waals surface area contributed by atoms with E-state index in [1.54, 1.807) is 0 Å². The third-order valence-electron chi connectivity index (χ3n) is 5.41. The summed E-state index contributed by atoms with van der Waals surface area (Å²) in [7, 11) is 0. The predicted octanol–water partition coefficient (Wildman–Crippen LogP) is 2.80. The fourth-order valence-corrected chi connectivity index (χ4v) is 3.83. The largest absolute Gasteiger partial charge is 0.355 e. The van der Waals surface area contributed by atoms with Gasteiger partial charge in [-0.1, -0.05) is 45.0 Å². The topological polar surface area (TPSA) is 61.4 Å². The van der Waals surface area contributed by atoms with Gasteiger partial charge in [0.1, 0.15) is 0 Å². The molecule has 5 nitrogen and oxygen atoms in total. The summed E-state index contributed by atoms with van der Waals surface area (Å²) >= 11 is 0. The van der Waals surface area contributed by atoms with E-state index in [4.69, 9.17) is 0 Å². The summed E-state index contributed by atoms with van der Waals surface area (Å²) in [4.78, 5) is 26.0. The second-order valence-electron chi connectivity index (χ2n) is 8.58. The van der Waals surface area contributed by atoms with E-state index in [1.165, 1.54) is 5.56 Å². The number of carbonyl (C=O) groups excluding carboxylic acids is 2. The number of carbonyl (C=O) groups is 2. The fourth-order valence-electron chi connectivity index (χ4n) is 3.83. The van der Waals surface area contributed by atoms with Crippen LogP contribution in [-0.4, -0.2) is 36.5 Å². The molecular formula is C20H29N3O2.